The van der Waals surface area contributed by atoms with Crippen LogP contribution in [0.15, 0.2) is 35.3 Å². The number of nitrogens with one attached hydrogen (secondary N) is 4. The molecular formula is C25H37N7O7. The van der Waals surface area contributed by atoms with Crippen molar-refractivity contribution in [2.75, 3.05) is 20.1 Å². The van der Waals surface area contributed by atoms with Gasteiger partial charge in [0.1, 0.15) is 18.2 Å². The third kappa shape index (κ3) is 11.7. The molecule has 1 aromatic carbocycles. The highest BCUT2D eigenvalue weighted by molar-refractivity contribution is 6.07. The van der Waals surface area contributed by atoms with Crippen molar-refractivity contribution in [2.24, 2.45) is 10.7 Å². The number of primary amides is 1. The molecule has 0 aliphatic carbocycles. The van der Waals surface area contributed by atoms with E-state index in [4.69, 9.17) is 15.2 Å². The molecule has 0 saturated heterocycles. The van der Waals surface area contributed by atoms with Crippen molar-refractivity contribution in [3.8, 4) is 0 Å². The monoisotopic (exact) mass is 547 g/mol. The Labute approximate surface area is 227 Å². The number of benzene rings is 1. The van der Waals surface area contributed by atoms with Gasteiger partial charge in [0.2, 0.25) is 11.9 Å². The summed E-state index contributed by atoms with van der Waals surface area (Å²) in [5.74, 6) is -1.06. The fourth-order valence-corrected chi connectivity index (χ4v) is 3.52. The summed E-state index contributed by atoms with van der Waals surface area (Å²) in [6, 6.07) is 6.67. The molecule has 0 bridgehead atoms. The molecule has 0 radical (unpaired) electrons. The third-order valence-electron chi connectivity index (χ3n) is 5.42. The quantitative estimate of drug-likeness (QED) is 0.269. The minimum Gasteiger partial charge on any atom is -0.445 e. The van der Waals surface area contributed by atoms with Crippen LogP contribution in [0.3, 0.4) is 0 Å². The second-order valence-electron chi connectivity index (χ2n) is 9.87. The lowest BCUT2D eigenvalue weighted by atomic mass is 10.1. The molecule has 1 aliphatic rings. The van der Waals surface area contributed by atoms with Gasteiger partial charge in [-0.2, -0.15) is 0 Å². The van der Waals surface area contributed by atoms with E-state index in [1.54, 1.807) is 20.8 Å². The Kier molecular flexibility index (Phi) is 11.5. The van der Waals surface area contributed by atoms with Crippen LogP contribution in [0.1, 0.15) is 45.6 Å². The predicted molar refractivity (Wildman–Crippen MR) is 141 cm³/mol. The molecule has 39 heavy (non-hydrogen) atoms. The highest BCUT2D eigenvalue weighted by atomic mass is 16.6. The molecule has 0 fully saturated rings. The zero-order valence-corrected chi connectivity index (χ0v) is 22.6. The standard InChI is InChI=1S/C25H37N7O7/c1-25(2,3)39-23(36)27-12-8-11-17(29-24(37)38-15-16-9-6-5-7-10-16)13-19(33)32(4)18-14-28-22(30-20(18)34)31-21(26)35/h5-7,9-10,17-18H,8,11-15H2,1-4H3,(H,27,36)(H,29,37)(H4,26,28,30,31,34,35)/t17-,18?/m0/s1. The van der Waals surface area contributed by atoms with Crippen LogP contribution >= 0.6 is 0 Å². The fourth-order valence-electron chi connectivity index (χ4n) is 3.52. The maximum absolute atomic E-state index is 13.0. The molecule has 1 aliphatic heterocycles. The van der Waals surface area contributed by atoms with E-state index in [1.165, 1.54) is 11.9 Å². The smallest absolute Gasteiger partial charge is 0.407 e. The molecule has 0 spiro atoms. The highest BCUT2D eigenvalue weighted by Crippen LogP contribution is 2.11. The number of guanidine groups is 1. The average molecular weight is 548 g/mol. The number of amides is 6. The van der Waals surface area contributed by atoms with E-state index in [0.29, 0.717) is 12.8 Å². The molecular weight excluding hydrogens is 510 g/mol. The SMILES string of the molecule is CN(C(=O)C[C@H](CCCNC(=O)OC(C)(C)C)NC(=O)OCc1ccccc1)C1CN=C(NC(N)=O)NC1=O. The number of ether oxygens (including phenoxy) is 2. The van der Waals surface area contributed by atoms with Crippen LogP contribution in [-0.2, 0) is 25.7 Å². The molecule has 2 rings (SSSR count). The molecule has 6 N–H and O–H groups in total. The maximum Gasteiger partial charge on any atom is 0.407 e. The first-order chi connectivity index (χ1) is 18.3. The van der Waals surface area contributed by atoms with Gasteiger partial charge in [0, 0.05) is 26.1 Å². The Hall–Kier alpha value is -4.36. The fraction of sp³-hybridized carbons (Fsp3) is 0.520. The summed E-state index contributed by atoms with van der Waals surface area (Å²) in [7, 11) is 1.45. The molecule has 214 valence electrons. The zero-order chi connectivity index (χ0) is 29.0. The van der Waals surface area contributed by atoms with Crippen LogP contribution in [0, 0.1) is 0 Å². The second kappa shape index (κ2) is 14.5. The van der Waals surface area contributed by atoms with E-state index in [0.717, 1.165) is 5.56 Å². The zero-order valence-electron chi connectivity index (χ0n) is 22.6. The van der Waals surface area contributed by atoms with E-state index < -0.39 is 47.7 Å². The van der Waals surface area contributed by atoms with Crippen LogP contribution in [0.4, 0.5) is 14.4 Å². The van der Waals surface area contributed by atoms with Gasteiger partial charge in [0.05, 0.1) is 6.54 Å². The van der Waals surface area contributed by atoms with E-state index in [9.17, 15) is 24.0 Å². The summed E-state index contributed by atoms with van der Waals surface area (Å²) >= 11 is 0. The van der Waals surface area contributed by atoms with Crippen LogP contribution < -0.4 is 27.0 Å². The lowest BCUT2D eigenvalue weighted by molar-refractivity contribution is -0.138. The Morgan fingerprint density at radius 3 is 2.49 bits per heavy atom. The van der Waals surface area contributed by atoms with Crippen molar-refractivity contribution in [2.45, 2.75) is 64.3 Å². The van der Waals surface area contributed by atoms with Crippen molar-refractivity contribution >= 4 is 36.0 Å². The van der Waals surface area contributed by atoms with Crippen molar-refractivity contribution in [3.63, 3.8) is 0 Å². The minimum absolute atomic E-state index is 0.0510. The lowest BCUT2D eigenvalue weighted by Crippen LogP contribution is -2.58. The number of hydrogen-bond acceptors (Lipinski definition) is 8. The Morgan fingerprint density at radius 2 is 1.87 bits per heavy atom. The molecule has 1 heterocycles. The first-order valence-corrected chi connectivity index (χ1v) is 12.5. The molecule has 1 unspecified atom stereocenters. The summed E-state index contributed by atoms with van der Waals surface area (Å²) in [4.78, 5) is 66.1. The topological polar surface area (TPSA) is 194 Å². The number of nitrogens with zero attached hydrogens (tertiary/aromatic N) is 2. The summed E-state index contributed by atoms with van der Waals surface area (Å²) in [6.45, 7) is 5.48. The Bertz CT molecular complexity index is 1060. The van der Waals surface area contributed by atoms with Crippen molar-refractivity contribution in [1.29, 1.82) is 0 Å². The summed E-state index contributed by atoms with van der Waals surface area (Å²) < 4.78 is 10.5. The normalized spacial score (nSPS) is 15.6. The van der Waals surface area contributed by atoms with E-state index in [-0.39, 0.29) is 32.1 Å². The number of likely N-dealkylation sites (N-methyl/N-ethyl adjacent to an activating group) is 1. The van der Waals surface area contributed by atoms with Gasteiger partial charge in [0.25, 0.3) is 5.91 Å². The Morgan fingerprint density at radius 1 is 1.18 bits per heavy atom. The summed E-state index contributed by atoms with van der Waals surface area (Å²) in [5.41, 5.74) is 5.19. The molecule has 14 heteroatoms. The average Bonchev–Trinajstić information content (AvgIpc) is 2.84. The number of urea groups is 1. The second-order valence-corrected chi connectivity index (χ2v) is 9.87. The lowest BCUT2D eigenvalue weighted by Gasteiger charge is -2.30. The highest BCUT2D eigenvalue weighted by Gasteiger charge is 2.32. The van der Waals surface area contributed by atoms with Gasteiger partial charge in [-0.1, -0.05) is 30.3 Å². The van der Waals surface area contributed by atoms with Gasteiger partial charge in [0.15, 0.2) is 0 Å². The van der Waals surface area contributed by atoms with Gasteiger partial charge in [-0.05, 0) is 39.2 Å². The number of rotatable bonds is 10. The minimum atomic E-state index is -0.921. The van der Waals surface area contributed by atoms with Crippen LogP contribution in [-0.4, -0.2) is 78.7 Å². The van der Waals surface area contributed by atoms with Crippen LogP contribution in [0.25, 0.3) is 0 Å². The van der Waals surface area contributed by atoms with Gasteiger partial charge >= 0.3 is 18.2 Å². The number of hydrogen-bond donors (Lipinski definition) is 5. The molecule has 0 aromatic heterocycles. The Balaban J connectivity index is 1.96. The molecule has 0 saturated carbocycles. The van der Waals surface area contributed by atoms with E-state index in [2.05, 4.69) is 26.3 Å². The summed E-state index contributed by atoms with van der Waals surface area (Å²) in [6.07, 6.45) is -0.655. The first kappa shape index (κ1) is 30.9. The largest absolute Gasteiger partial charge is 0.445 e. The van der Waals surface area contributed by atoms with Crippen LogP contribution in [0.5, 0.6) is 0 Å². The number of carbonyl (C=O) groups excluding carboxylic acids is 5. The number of carbonyl (C=O) groups is 5. The van der Waals surface area contributed by atoms with Gasteiger partial charge in [-0.15, -0.1) is 0 Å². The van der Waals surface area contributed by atoms with E-state index in [1.807, 2.05) is 30.3 Å². The van der Waals surface area contributed by atoms with Crippen molar-refractivity contribution in [3.05, 3.63) is 35.9 Å². The summed E-state index contributed by atoms with van der Waals surface area (Å²) in [5, 5.41) is 9.90. The molecule has 2 atom stereocenters. The van der Waals surface area contributed by atoms with Gasteiger partial charge < -0.3 is 30.7 Å². The molecule has 14 nitrogen and oxygen atoms in total. The van der Waals surface area contributed by atoms with Crippen molar-refractivity contribution < 1.29 is 33.4 Å². The van der Waals surface area contributed by atoms with Crippen molar-refractivity contribution in [1.82, 2.24) is 26.2 Å². The van der Waals surface area contributed by atoms with E-state index >= 15 is 0 Å². The number of nitrogens with two attached hydrogens (primary N) is 1. The number of aliphatic imine (C=N–C) groups is 1. The van der Waals surface area contributed by atoms with Gasteiger partial charge in [-0.25, -0.2) is 19.4 Å². The molecule has 6 amide bonds. The van der Waals surface area contributed by atoms with Crippen LogP contribution in [0.2, 0.25) is 0 Å². The number of alkyl carbamates (subject to hydrolysis) is 2. The molecule has 1 aromatic rings. The van der Waals surface area contributed by atoms with Gasteiger partial charge in [-0.3, -0.25) is 20.2 Å². The maximum atomic E-state index is 13.0. The third-order valence-corrected chi connectivity index (χ3v) is 5.42. The predicted octanol–water partition coefficient (Wildman–Crippen LogP) is 0.958. The first-order valence-electron chi connectivity index (χ1n) is 12.5.